The fraction of sp³-hybridized carbons (Fsp3) is 0.286. The van der Waals surface area contributed by atoms with Gasteiger partial charge in [0, 0.05) is 4.24 Å². The molecule has 0 radical (unpaired) electrons. The monoisotopic (exact) mass is 250 g/mol. The van der Waals surface area contributed by atoms with Gasteiger partial charge in [-0.1, -0.05) is 56.3 Å². The molecule has 0 aliphatic heterocycles. The molecule has 0 saturated heterocycles. The van der Waals surface area contributed by atoms with Crippen LogP contribution < -0.4 is 0 Å². The van der Waals surface area contributed by atoms with E-state index in [2.05, 4.69) is 56.3 Å². The quantitative estimate of drug-likeness (QED) is 0.648. The minimum absolute atomic E-state index is 1.14. The fourth-order valence-corrected chi connectivity index (χ4v) is 3.18. The lowest BCUT2D eigenvalue weighted by atomic mass is 10.2. The molecule has 0 unspecified atom stereocenters. The number of thioether (sulfide) groups is 2. The van der Waals surface area contributed by atoms with E-state index in [0.29, 0.717) is 0 Å². The van der Waals surface area contributed by atoms with Gasteiger partial charge in [-0.2, -0.15) is 0 Å². The number of allylic oxidation sites excluding steroid dienone is 2. The third-order valence-corrected chi connectivity index (χ3v) is 4.02. The van der Waals surface area contributed by atoms with Crippen molar-refractivity contribution in [2.75, 3.05) is 11.5 Å². The molecule has 1 rings (SSSR count). The molecule has 0 saturated carbocycles. The summed E-state index contributed by atoms with van der Waals surface area (Å²) in [7, 11) is 0. The first-order chi connectivity index (χ1) is 7.86. The highest BCUT2D eigenvalue weighted by Crippen LogP contribution is 2.27. The van der Waals surface area contributed by atoms with E-state index in [1.807, 2.05) is 29.6 Å². The maximum Gasteiger partial charge on any atom is 0.0400 e. The number of hydrogen-bond acceptors (Lipinski definition) is 2. The van der Waals surface area contributed by atoms with Crippen LogP contribution >= 0.6 is 23.5 Å². The molecule has 0 N–H and O–H groups in total. The van der Waals surface area contributed by atoms with Crippen LogP contribution in [0, 0.1) is 0 Å². The molecule has 0 bridgehead atoms. The third-order valence-electron chi connectivity index (χ3n) is 1.89. The van der Waals surface area contributed by atoms with Gasteiger partial charge in [-0.05, 0) is 23.1 Å². The molecular weight excluding hydrogens is 232 g/mol. The zero-order valence-corrected chi connectivity index (χ0v) is 11.5. The Morgan fingerprint density at radius 1 is 1.06 bits per heavy atom. The van der Waals surface area contributed by atoms with Crippen molar-refractivity contribution in [2.45, 2.75) is 13.8 Å². The van der Waals surface area contributed by atoms with E-state index >= 15 is 0 Å². The first-order valence-corrected chi connectivity index (χ1v) is 7.53. The van der Waals surface area contributed by atoms with Gasteiger partial charge in [0.25, 0.3) is 0 Å². The van der Waals surface area contributed by atoms with Crippen molar-refractivity contribution in [3.05, 3.63) is 52.3 Å². The average molecular weight is 250 g/mol. The van der Waals surface area contributed by atoms with Gasteiger partial charge >= 0.3 is 0 Å². The van der Waals surface area contributed by atoms with Gasteiger partial charge in [0.05, 0.1) is 0 Å². The largest absolute Gasteiger partial charge is 0.120 e. The summed E-state index contributed by atoms with van der Waals surface area (Å²) >= 11 is 3.82. The predicted molar refractivity (Wildman–Crippen MR) is 79.8 cm³/mol. The summed E-state index contributed by atoms with van der Waals surface area (Å²) in [4.78, 5) is 0. The predicted octanol–water partition coefficient (Wildman–Crippen LogP) is 5.05. The van der Waals surface area contributed by atoms with Crippen molar-refractivity contribution in [1.29, 1.82) is 0 Å². The molecule has 0 spiro atoms. The third kappa shape index (κ3) is 5.47. The van der Waals surface area contributed by atoms with E-state index in [-0.39, 0.29) is 0 Å². The van der Waals surface area contributed by atoms with Gasteiger partial charge in [0.1, 0.15) is 0 Å². The standard InChI is InChI=1S/C14H18S2/c1-3-15-14(16-4-2)12-8-11-13-9-6-5-7-10-13/h5-12H,3-4H2,1-2H3. The molecule has 0 heterocycles. The van der Waals surface area contributed by atoms with Crippen molar-refractivity contribution < 1.29 is 0 Å². The molecule has 0 amide bonds. The van der Waals surface area contributed by atoms with Crippen LogP contribution in [0.4, 0.5) is 0 Å². The van der Waals surface area contributed by atoms with Gasteiger partial charge in [0.2, 0.25) is 0 Å². The molecule has 2 heteroatoms. The van der Waals surface area contributed by atoms with Crippen molar-refractivity contribution in [1.82, 2.24) is 0 Å². The van der Waals surface area contributed by atoms with Gasteiger partial charge in [0.15, 0.2) is 0 Å². The molecular formula is C14H18S2. The highest BCUT2D eigenvalue weighted by molar-refractivity contribution is 8.22. The van der Waals surface area contributed by atoms with Gasteiger partial charge in [-0.15, -0.1) is 23.5 Å². The lowest BCUT2D eigenvalue weighted by Gasteiger charge is -2.00. The molecule has 0 aliphatic carbocycles. The molecule has 16 heavy (non-hydrogen) atoms. The molecule has 0 fully saturated rings. The normalized spacial score (nSPS) is 10.6. The van der Waals surface area contributed by atoms with Crippen LogP contribution in [0.5, 0.6) is 0 Å². The van der Waals surface area contributed by atoms with Crippen LogP contribution in [0.2, 0.25) is 0 Å². The van der Waals surface area contributed by atoms with E-state index in [0.717, 1.165) is 11.5 Å². The van der Waals surface area contributed by atoms with E-state index in [1.54, 1.807) is 0 Å². The Bertz CT molecular complexity index is 331. The Hall–Kier alpha value is -0.600. The molecule has 0 aliphatic rings. The highest BCUT2D eigenvalue weighted by Gasteiger charge is 1.93. The van der Waals surface area contributed by atoms with Crippen LogP contribution in [0.1, 0.15) is 19.4 Å². The maximum absolute atomic E-state index is 2.20. The Balaban J connectivity index is 2.58. The fourth-order valence-electron chi connectivity index (χ4n) is 1.22. The Kier molecular flexibility index (Phi) is 7.19. The molecule has 1 aromatic carbocycles. The van der Waals surface area contributed by atoms with E-state index in [1.165, 1.54) is 9.80 Å². The summed E-state index contributed by atoms with van der Waals surface area (Å²) in [6.45, 7) is 4.38. The minimum atomic E-state index is 1.14. The lowest BCUT2D eigenvalue weighted by molar-refractivity contribution is 1.52. The number of hydrogen-bond donors (Lipinski definition) is 0. The molecule has 1 aromatic rings. The summed E-state index contributed by atoms with van der Waals surface area (Å²) in [6.07, 6.45) is 6.48. The second-order valence-electron chi connectivity index (χ2n) is 3.12. The SMILES string of the molecule is CCSC(=CC=Cc1ccccc1)SCC. The second kappa shape index (κ2) is 8.54. The van der Waals surface area contributed by atoms with Crippen molar-refractivity contribution in [2.24, 2.45) is 0 Å². The summed E-state index contributed by atoms with van der Waals surface area (Å²) in [5.41, 5.74) is 1.25. The van der Waals surface area contributed by atoms with Crippen LogP contribution in [0.25, 0.3) is 6.08 Å². The zero-order chi connectivity index (χ0) is 11.6. The highest BCUT2D eigenvalue weighted by atomic mass is 32.2. The molecule has 0 nitrogen and oxygen atoms in total. The first kappa shape index (κ1) is 13.5. The van der Waals surface area contributed by atoms with Crippen LogP contribution in [0.3, 0.4) is 0 Å². The summed E-state index contributed by atoms with van der Waals surface area (Å²) in [5.74, 6) is 2.27. The topological polar surface area (TPSA) is 0 Å². The van der Waals surface area contributed by atoms with Gasteiger partial charge in [-0.3, -0.25) is 0 Å². The van der Waals surface area contributed by atoms with Crippen molar-refractivity contribution in [3.8, 4) is 0 Å². The Morgan fingerprint density at radius 3 is 2.25 bits per heavy atom. The van der Waals surface area contributed by atoms with Crippen molar-refractivity contribution in [3.63, 3.8) is 0 Å². The summed E-state index contributed by atoms with van der Waals surface area (Å²) < 4.78 is 1.40. The van der Waals surface area contributed by atoms with Crippen LogP contribution in [-0.4, -0.2) is 11.5 Å². The van der Waals surface area contributed by atoms with Gasteiger partial charge < -0.3 is 0 Å². The van der Waals surface area contributed by atoms with E-state index in [9.17, 15) is 0 Å². The zero-order valence-electron chi connectivity index (χ0n) is 9.85. The second-order valence-corrected chi connectivity index (χ2v) is 5.99. The summed E-state index contributed by atoms with van der Waals surface area (Å²) in [5, 5.41) is 0. The maximum atomic E-state index is 2.20. The Labute approximate surface area is 107 Å². The van der Waals surface area contributed by atoms with Crippen molar-refractivity contribution >= 4 is 29.6 Å². The van der Waals surface area contributed by atoms with E-state index < -0.39 is 0 Å². The van der Waals surface area contributed by atoms with Gasteiger partial charge in [-0.25, -0.2) is 0 Å². The number of benzene rings is 1. The van der Waals surface area contributed by atoms with Crippen LogP contribution in [0.15, 0.2) is 46.7 Å². The molecule has 0 atom stereocenters. The Morgan fingerprint density at radius 2 is 1.69 bits per heavy atom. The smallest absolute Gasteiger partial charge is 0.0400 e. The average Bonchev–Trinajstić information content (AvgIpc) is 2.31. The van der Waals surface area contributed by atoms with E-state index in [4.69, 9.17) is 0 Å². The minimum Gasteiger partial charge on any atom is -0.120 e. The first-order valence-electron chi connectivity index (χ1n) is 5.55. The lowest BCUT2D eigenvalue weighted by Crippen LogP contribution is -1.73. The number of rotatable bonds is 6. The molecule has 86 valence electrons. The van der Waals surface area contributed by atoms with Crippen LogP contribution in [-0.2, 0) is 0 Å². The summed E-state index contributed by atoms with van der Waals surface area (Å²) in [6, 6.07) is 10.4. The molecule has 0 aromatic heterocycles.